The van der Waals surface area contributed by atoms with Crippen LogP contribution in [0.1, 0.15) is 79.2 Å². The Kier molecular flexibility index (Phi) is 13.8. The van der Waals surface area contributed by atoms with Crippen LogP contribution in [0.15, 0.2) is 64.1 Å². The molecule has 0 radical (unpaired) electrons. The molecule has 0 saturated heterocycles. The second kappa shape index (κ2) is 18.2. The van der Waals surface area contributed by atoms with Gasteiger partial charge in [0.25, 0.3) is 0 Å². The summed E-state index contributed by atoms with van der Waals surface area (Å²) in [5.74, 6) is -0.597. The Bertz CT molecular complexity index is 1600. The first-order chi connectivity index (χ1) is 23.8. The zero-order chi connectivity index (χ0) is 34.6. The monoisotopic (exact) mass is 711 g/mol. The third-order valence-corrected chi connectivity index (χ3v) is 11.3. The second-order valence-electron chi connectivity index (χ2n) is 12.9. The highest BCUT2D eigenvalue weighted by atomic mass is 32.1. The molecule has 1 saturated carbocycles. The molecule has 10 nitrogen and oxygen atoms in total. The van der Waals surface area contributed by atoms with E-state index < -0.39 is 17.7 Å². The number of hydrogen-bond acceptors (Lipinski definition) is 11. The molecule has 3 heterocycles. The number of carbonyl (C=O) groups is 1. The van der Waals surface area contributed by atoms with Crippen LogP contribution in [0.5, 0.6) is 5.75 Å². The summed E-state index contributed by atoms with van der Waals surface area (Å²) in [7, 11) is 2.16. The molecule has 1 aliphatic rings. The lowest BCUT2D eigenvalue weighted by Crippen LogP contribution is -2.42. The number of rotatable bonds is 19. The molecule has 0 bridgehead atoms. The van der Waals surface area contributed by atoms with Gasteiger partial charge in [0.1, 0.15) is 11.9 Å². The Balaban J connectivity index is 0.882. The minimum atomic E-state index is -1.75. The molecule has 5 N–H and O–H groups in total. The van der Waals surface area contributed by atoms with Crippen LogP contribution in [-0.4, -0.2) is 83.2 Å². The van der Waals surface area contributed by atoms with Gasteiger partial charge in [0, 0.05) is 43.8 Å². The first kappa shape index (κ1) is 37.2. The van der Waals surface area contributed by atoms with Crippen molar-refractivity contribution in [2.24, 2.45) is 0 Å². The van der Waals surface area contributed by atoms with E-state index in [2.05, 4.69) is 22.2 Å². The zero-order valence-electron chi connectivity index (χ0n) is 28.1. The number of nitrogens with one attached hydrogen (secondary N) is 2. The summed E-state index contributed by atoms with van der Waals surface area (Å²) in [6.07, 6.45) is 7.72. The van der Waals surface area contributed by atoms with E-state index in [-0.39, 0.29) is 17.4 Å². The lowest BCUT2D eigenvalue weighted by atomic mass is 9.91. The molecule has 5 rings (SSSR count). The van der Waals surface area contributed by atoms with E-state index >= 15 is 0 Å². The molecule has 1 aliphatic carbocycles. The molecule has 266 valence electrons. The lowest BCUT2D eigenvalue weighted by molar-refractivity contribution is -0.169. The highest BCUT2D eigenvalue weighted by molar-refractivity contribution is 7.12. The van der Waals surface area contributed by atoms with Gasteiger partial charge in [-0.2, -0.15) is 0 Å². The summed E-state index contributed by atoms with van der Waals surface area (Å²) in [6, 6.07) is 13.9. The highest BCUT2D eigenvalue weighted by Crippen LogP contribution is 2.38. The number of fused-ring (bicyclic) bond motifs is 1. The summed E-state index contributed by atoms with van der Waals surface area (Å²) in [5.41, 5.74) is -1.04. The maximum Gasteiger partial charge on any atom is 0.349 e. The first-order valence-corrected chi connectivity index (χ1v) is 19.1. The number of carbonyl (C=O) groups excluding carboxylic acids is 1. The maximum atomic E-state index is 13.3. The van der Waals surface area contributed by atoms with E-state index in [1.807, 2.05) is 22.9 Å². The zero-order valence-corrected chi connectivity index (χ0v) is 29.8. The van der Waals surface area contributed by atoms with Crippen molar-refractivity contribution < 1.29 is 29.6 Å². The van der Waals surface area contributed by atoms with E-state index in [4.69, 9.17) is 9.47 Å². The molecule has 0 spiro atoms. The van der Waals surface area contributed by atoms with Crippen molar-refractivity contribution in [2.45, 2.75) is 81.6 Å². The van der Waals surface area contributed by atoms with Gasteiger partial charge >= 0.3 is 5.97 Å². The maximum absolute atomic E-state index is 13.3. The normalized spacial score (nSPS) is 17.5. The van der Waals surface area contributed by atoms with Crippen molar-refractivity contribution in [3.8, 4) is 5.75 Å². The molecule has 0 unspecified atom stereocenters. The molecule has 49 heavy (non-hydrogen) atoms. The number of aromatic nitrogens is 1. The number of unbranched alkanes of at least 4 members (excludes halogenated alkanes) is 3. The van der Waals surface area contributed by atoms with Gasteiger partial charge in [0.2, 0.25) is 11.2 Å². The fourth-order valence-electron chi connectivity index (χ4n) is 6.54. The number of phenolic OH excluding ortho intramolecular Hbond substituents is 1. The second-order valence-corrected chi connectivity index (χ2v) is 14.8. The van der Waals surface area contributed by atoms with Crippen molar-refractivity contribution >= 4 is 39.5 Å². The van der Waals surface area contributed by atoms with Crippen molar-refractivity contribution in [2.75, 3.05) is 39.9 Å². The molecule has 1 atom stereocenters. The third kappa shape index (κ3) is 9.78. The van der Waals surface area contributed by atoms with Gasteiger partial charge in [0.05, 0.1) is 21.4 Å². The molecule has 4 aromatic rings. The van der Waals surface area contributed by atoms with Gasteiger partial charge in [-0.15, -0.1) is 22.7 Å². The topological polar surface area (TPSA) is 144 Å². The minimum Gasteiger partial charge on any atom is -0.506 e. The quantitative estimate of drug-likeness (QED) is 0.0614. The summed E-state index contributed by atoms with van der Waals surface area (Å²) in [5, 5.41) is 39.9. The smallest absolute Gasteiger partial charge is 0.349 e. The van der Waals surface area contributed by atoms with E-state index in [9.17, 15) is 24.9 Å². The SMILES string of the molecule is CN(CCCOCCCCCCNC[C@H](O)c1ccc(O)c2[nH]c(=O)ccc12)C1CCC(OC(=O)C(O)(c2cccs2)c2cccs2)CC1. The van der Waals surface area contributed by atoms with E-state index in [0.29, 0.717) is 38.8 Å². The average Bonchev–Trinajstić information content (AvgIpc) is 3.85. The van der Waals surface area contributed by atoms with Gasteiger partial charge in [-0.1, -0.05) is 31.0 Å². The number of aromatic amines is 1. The van der Waals surface area contributed by atoms with Crippen molar-refractivity contribution in [1.29, 1.82) is 0 Å². The number of phenols is 1. The van der Waals surface area contributed by atoms with Gasteiger partial charge in [-0.3, -0.25) is 4.79 Å². The molecule has 3 aromatic heterocycles. The minimum absolute atomic E-state index is 0.0136. The first-order valence-electron chi connectivity index (χ1n) is 17.3. The van der Waals surface area contributed by atoms with Gasteiger partial charge in [0.15, 0.2) is 0 Å². The average molecular weight is 712 g/mol. The number of thiophene rings is 2. The number of nitrogens with zero attached hydrogens (tertiary/aromatic N) is 1. The summed E-state index contributed by atoms with van der Waals surface area (Å²) in [4.78, 5) is 31.1. The molecule has 12 heteroatoms. The number of hydrogen-bond donors (Lipinski definition) is 5. The number of H-pyrrole nitrogens is 1. The Hall–Kier alpha value is -3.10. The molecule has 0 amide bonds. The van der Waals surface area contributed by atoms with Crippen LogP contribution in [0.3, 0.4) is 0 Å². The van der Waals surface area contributed by atoms with Crippen molar-refractivity contribution in [3.05, 3.63) is 85.0 Å². The van der Waals surface area contributed by atoms with Crippen LogP contribution in [0.25, 0.3) is 10.9 Å². The van der Waals surface area contributed by atoms with E-state index in [1.54, 1.807) is 24.3 Å². The van der Waals surface area contributed by atoms with Crippen molar-refractivity contribution in [3.63, 3.8) is 0 Å². The van der Waals surface area contributed by atoms with Crippen molar-refractivity contribution in [1.82, 2.24) is 15.2 Å². The predicted octanol–water partition coefficient (Wildman–Crippen LogP) is 5.67. The number of ether oxygens (including phenoxy) is 2. The number of aliphatic hydroxyl groups excluding tert-OH is 1. The Labute approximate surface area is 295 Å². The van der Waals surface area contributed by atoms with Crippen LogP contribution < -0.4 is 10.9 Å². The summed E-state index contributed by atoms with van der Waals surface area (Å²) >= 11 is 2.72. The number of aromatic hydroxyl groups is 1. The Morgan fingerprint density at radius 1 is 0.980 bits per heavy atom. The van der Waals surface area contributed by atoms with E-state index in [1.165, 1.54) is 34.8 Å². The number of benzene rings is 1. The molecular formula is C37H49N3O7S2. The molecule has 0 aliphatic heterocycles. The third-order valence-electron chi connectivity index (χ3n) is 9.39. The number of esters is 1. The lowest BCUT2D eigenvalue weighted by Gasteiger charge is -2.35. The molecular weight excluding hydrogens is 663 g/mol. The van der Waals surface area contributed by atoms with Crippen LogP contribution in [-0.2, 0) is 19.9 Å². The largest absolute Gasteiger partial charge is 0.506 e. The number of aliphatic hydroxyl groups is 2. The number of pyridine rings is 1. The van der Waals surface area contributed by atoms with Crippen LogP contribution in [0.2, 0.25) is 0 Å². The summed E-state index contributed by atoms with van der Waals surface area (Å²) < 4.78 is 11.8. The molecule has 1 fully saturated rings. The highest BCUT2D eigenvalue weighted by Gasteiger charge is 2.45. The van der Waals surface area contributed by atoms with Gasteiger partial charge < -0.3 is 40.0 Å². The van der Waals surface area contributed by atoms with Crippen LogP contribution >= 0.6 is 22.7 Å². The van der Waals surface area contributed by atoms with Crippen LogP contribution in [0.4, 0.5) is 0 Å². The Morgan fingerprint density at radius 2 is 1.67 bits per heavy atom. The molecule has 1 aromatic carbocycles. The Morgan fingerprint density at radius 3 is 2.37 bits per heavy atom. The van der Waals surface area contributed by atoms with Gasteiger partial charge in [-0.05, 0) is 99.1 Å². The predicted molar refractivity (Wildman–Crippen MR) is 194 cm³/mol. The fraction of sp³-hybridized carbons (Fsp3) is 0.514. The standard InChI is InChI=1S/C37H49N3O7S2/c1-40(26-11-13-27(14-12-26)47-36(44)37(45,32-9-6-23-48-32)33-10-7-24-49-33)20-8-22-46-21-5-3-2-4-19-38-25-31(42)28-15-17-30(41)35-29(28)16-18-34(43)39-35/h6-7,9-10,15-18,23-24,26-27,31,38,41-42,45H,2-5,8,11-14,19-22,25H2,1H3,(H,39,43)/t26?,27?,31-/m0/s1. The van der Waals surface area contributed by atoms with Crippen LogP contribution in [0, 0.1) is 0 Å². The van der Waals surface area contributed by atoms with E-state index in [0.717, 1.165) is 84.1 Å². The summed E-state index contributed by atoms with van der Waals surface area (Å²) in [6.45, 7) is 3.64. The van der Waals surface area contributed by atoms with Gasteiger partial charge in [-0.25, -0.2) is 4.79 Å². The fourth-order valence-corrected chi connectivity index (χ4v) is 8.25.